The lowest BCUT2D eigenvalue weighted by Crippen LogP contribution is -2.48. The fourth-order valence-corrected chi connectivity index (χ4v) is 3.33. The Morgan fingerprint density at radius 1 is 1.18 bits per heavy atom. The number of aryl methyl sites for hydroxylation is 1. The molecule has 3 rings (SSSR count). The molecular weight excluding hydrogens is 360 g/mol. The summed E-state index contributed by atoms with van der Waals surface area (Å²) in [6.45, 7) is 4.98. The molecule has 0 spiro atoms. The average molecular weight is 384 g/mol. The topological polar surface area (TPSA) is 88.0 Å². The van der Waals surface area contributed by atoms with E-state index in [2.05, 4.69) is 10.2 Å². The van der Waals surface area contributed by atoms with Crippen molar-refractivity contribution in [1.29, 1.82) is 0 Å². The molecular formula is C20H24N4O4. The highest BCUT2D eigenvalue weighted by Crippen LogP contribution is 2.28. The molecule has 0 aromatic heterocycles. The monoisotopic (exact) mass is 384 g/mol. The van der Waals surface area contributed by atoms with Crippen molar-refractivity contribution in [2.75, 3.05) is 50.1 Å². The molecule has 0 bridgehead atoms. The van der Waals surface area contributed by atoms with Gasteiger partial charge in [-0.3, -0.25) is 19.8 Å². The molecule has 28 heavy (non-hydrogen) atoms. The molecule has 0 saturated carbocycles. The molecule has 2 aromatic rings. The van der Waals surface area contributed by atoms with Gasteiger partial charge in [-0.05, 0) is 30.7 Å². The Labute approximate surface area is 163 Å². The van der Waals surface area contributed by atoms with Crippen molar-refractivity contribution in [3.8, 4) is 5.75 Å². The Bertz CT molecular complexity index is 863. The zero-order chi connectivity index (χ0) is 20.1. The molecule has 8 heteroatoms. The summed E-state index contributed by atoms with van der Waals surface area (Å²) in [5.74, 6) is 0.582. The molecule has 1 heterocycles. The normalized spacial score (nSPS) is 14.6. The number of nitrogens with zero attached hydrogens (tertiary/aromatic N) is 3. The van der Waals surface area contributed by atoms with Crippen molar-refractivity contribution in [3.05, 3.63) is 58.1 Å². The van der Waals surface area contributed by atoms with Crippen LogP contribution in [0.25, 0.3) is 0 Å². The second-order valence-corrected chi connectivity index (χ2v) is 6.76. The Balaban J connectivity index is 1.57. The van der Waals surface area contributed by atoms with Crippen LogP contribution in [0, 0.1) is 17.0 Å². The van der Waals surface area contributed by atoms with E-state index in [1.54, 1.807) is 26.2 Å². The van der Waals surface area contributed by atoms with Gasteiger partial charge >= 0.3 is 0 Å². The summed E-state index contributed by atoms with van der Waals surface area (Å²) in [5.41, 5.74) is 1.96. The van der Waals surface area contributed by atoms with Crippen LogP contribution in [-0.4, -0.2) is 55.6 Å². The number of hydrogen-bond acceptors (Lipinski definition) is 6. The summed E-state index contributed by atoms with van der Waals surface area (Å²) in [5, 5.41) is 13.9. The van der Waals surface area contributed by atoms with Gasteiger partial charge in [0.2, 0.25) is 5.91 Å². The number of carbonyl (C=O) groups is 1. The van der Waals surface area contributed by atoms with Gasteiger partial charge in [-0.15, -0.1) is 0 Å². The number of carbonyl (C=O) groups excluding carboxylic acids is 1. The first-order valence-electron chi connectivity index (χ1n) is 9.13. The van der Waals surface area contributed by atoms with E-state index >= 15 is 0 Å². The molecule has 1 aliphatic rings. The molecule has 1 aliphatic heterocycles. The molecule has 0 atom stereocenters. The smallest absolute Gasteiger partial charge is 0.293 e. The van der Waals surface area contributed by atoms with Crippen molar-refractivity contribution in [2.24, 2.45) is 0 Å². The molecule has 1 fully saturated rings. The number of rotatable bonds is 6. The number of nitro groups is 1. The number of para-hydroxylation sites is 2. The van der Waals surface area contributed by atoms with E-state index in [-0.39, 0.29) is 23.8 Å². The van der Waals surface area contributed by atoms with Crippen molar-refractivity contribution < 1.29 is 14.5 Å². The third-order valence-corrected chi connectivity index (χ3v) is 4.79. The van der Waals surface area contributed by atoms with E-state index in [0.29, 0.717) is 0 Å². The second kappa shape index (κ2) is 8.71. The van der Waals surface area contributed by atoms with Gasteiger partial charge in [0.25, 0.3) is 5.69 Å². The molecule has 2 aromatic carbocycles. The third kappa shape index (κ3) is 4.58. The van der Waals surface area contributed by atoms with Crippen molar-refractivity contribution in [3.63, 3.8) is 0 Å². The predicted octanol–water partition coefficient (Wildman–Crippen LogP) is 2.67. The van der Waals surface area contributed by atoms with Gasteiger partial charge in [0.05, 0.1) is 24.3 Å². The largest absolute Gasteiger partial charge is 0.495 e. The number of methoxy groups -OCH3 is 1. The number of benzene rings is 2. The van der Waals surface area contributed by atoms with Gasteiger partial charge in [0, 0.05) is 32.2 Å². The zero-order valence-corrected chi connectivity index (χ0v) is 16.1. The maximum Gasteiger partial charge on any atom is 0.293 e. The fourth-order valence-electron chi connectivity index (χ4n) is 3.33. The lowest BCUT2D eigenvalue weighted by molar-refractivity contribution is -0.384. The summed E-state index contributed by atoms with van der Waals surface area (Å²) >= 11 is 0. The van der Waals surface area contributed by atoms with Crippen molar-refractivity contribution >= 4 is 23.0 Å². The van der Waals surface area contributed by atoms with Crippen LogP contribution in [0.3, 0.4) is 0 Å². The van der Waals surface area contributed by atoms with Crippen LogP contribution >= 0.6 is 0 Å². The summed E-state index contributed by atoms with van der Waals surface area (Å²) in [4.78, 5) is 27.4. The molecule has 1 N–H and O–H groups in total. The first-order valence-corrected chi connectivity index (χ1v) is 9.13. The summed E-state index contributed by atoms with van der Waals surface area (Å²) in [7, 11) is 1.66. The van der Waals surface area contributed by atoms with Crippen LogP contribution in [-0.2, 0) is 4.79 Å². The van der Waals surface area contributed by atoms with Crippen LogP contribution in [0.15, 0.2) is 42.5 Å². The van der Waals surface area contributed by atoms with Gasteiger partial charge in [0.1, 0.15) is 11.4 Å². The lowest BCUT2D eigenvalue weighted by atomic mass is 10.2. The maximum atomic E-state index is 12.4. The summed E-state index contributed by atoms with van der Waals surface area (Å²) in [6, 6.07) is 12.7. The van der Waals surface area contributed by atoms with Crippen LogP contribution in [0.1, 0.15) is 5.56 Å². The lowest BCUT2D eigenvalue weighted by Gasteiger charge is -2.36. The number of amides is 1. The fraction of sp³-hybridized carbons (Fsp3) is 0.350. The molecule has 8 nitrogen and oxygen atoms in total. The van der Waals surface area contributed by atoms with Gasteiger partial charge in [-0.2, -0.15) is 0 Å². The first kappa shape index (κ1) is 19.6. The Morgan fingerprint density at radius 2 is 1.89 bits per heavy atom. The van der Waals surface area contributed by atoms with E-state index in [1.807, 2.05) is 29.2 Å². The highest BCUT2D eigenvalue weighted by Gasteiger charge is 2.22. The van der Waals surface area contributed by atoms with E-state index in [9.17, 15) is 14.9 Å². The van der Waals surface area contributed by atoms with Crippen LogP contribution in [0.4, 0.5) is 17.1 Å². The van der Waals surface area contributed by atoms with Crippen molar-refractivity contribution in [2.45, 2.75) is 6.92 Å². The van der Waals surface area contributed by atoms with Gasteiger partial charge < -0.3 is 15.0 Å². The molecule has 148 valence electrons. The number of anilines is 2. The van der Waals surface area contributed by atoms with E-state index in [0.717, 1.165) is 43.2 Å². The van der Waals surface area contributed by atoms with Gasteiger partial charge in [-0.1, -0.05) is 18.2 Å². The quantitative estimate of drug-likeness (QED) is 0.609. The Morgan fingerprint density at radius 3 is 2.57 bits per heavy atom. The highest BCUT2D eigenvalue weighted by atomic mass is 16.6. The average Bonchev–Trinajstić information content (AvgIpc) is 2.69. The van der Waals surface area contributed by atoms with Crippen molar-refractivity contribution in [1.82, 2.24) is 4.90 Å². The Kier molecular flexibility index (Phi) is 6.10. The highest BCUT2D eigenvalue weighted by molar-refractivity contribution is 5.94. The molecule has 1 saturated heterocycles. The number of ether oxygens (including phenoxy) is 1. The van der Waals surface area contributed by atoms with Gasteiger partial charge in [-0.25, -0.2) is 0 Å². The van der Waals surface area contributed by atoms with E-state index in [4.69, 9.17) is 4.74 Å². The molecule has 0 radical (unpaired) electrons. The SMILES string of the molecule is COc1ccccc1N1CCN(CC(=O)Nc2ccc(C)cc2[N+](=O)[O-])CC1. The Hall–Kier alpha value is -3.13. The van der Waals surface area contributed by atoms with Crippen LogP contribution in [0.2, 0.25) is 0 Å². The summed E-state index contributed by atoms with van der Waals surface area (Å²) < 4.78 is 5.42. The maximum absolute atomic E-state index is 12.4. The van der Waals surface area contributed by atoms with Crippen LogP contribution < -0.4 is 15.0 Å². The number of nitro benzene ring substituents is 1. The minimum Gasteiger partial charge on any atom is -0.495 e. The number of piperazine rings is 1. The minimum atomic E-state index is -0.478. The molecule has 0 unspecified atom stereocenters. The predicted molar refractivity (Wildman–Crippen MR) is 108 cm³/mol. The first-order chi connectivity index (χ1) is 13.5. The van der Waals surface area contributed by atoms with E-state index in [1.165, 1.54) is 6.07 Å². The minimum absolute atomic E-state index is 0.0886. The summed E-state index contributed by atoms with van der Waals surface area (Å²) in [6.07, 6.45) is 0. The van der Waals surface area contributed by atoms with Crippen LogP contribution in [0.5, 0.6) is 5.75 Å². The van der Waals surface area contributed by atoms with E-state index < -0.39 is 4.92 Å². The molecule has 0 aliphatic carbocycles. The van der Waals surface area contributed by atoms with Gasteiger partial charge in [0.15, 0.2) is 0 Å². The second-order valence-electron chi connectivity index (χ2n) is 6.76. The number of nitrogens with one attached hydrogen (secondary N) is 1. The third-order valence-electron chi connectivity index (χ3n) is 4.79. The number of hydrogen-bond donors (Lipinski definition) is 1. The standard InChI is InChI=1S/C20H24N4O4/c1-15-7-8-16(18(13-15)24(26)27)21-20(25)14-22-9-11-23(12-10-22)17-5-3-4-6-19(17)28-2/h3-8,13H,9-12,14H2,1-2H3,(H,21,25). The zero-order valence-electron chi connectivity index (χ0n) is 16.1. The molecule has 1 amide bonds.